The number of ether oxygens (including phenoxy) is 1. The summed E-state index contributed by atoms with van der Waals surface area (Å²) in [5.74, 6) is -1.58. The molecular weight excluding hydrogens is 247 g/mol. The number of rotatable bonds is 4. The zero-order valence-corrected chi connectivity index (χ0v) is 9.86. The van der Waals surface area contributed by atoms with Gasteiger partial charge in [0.2, 0.25) is 5.78 Å². The molecule has 0 N–H and O–H groups in total. The third-order valence-electron chi connectivity index (χ3n) is 1.86. The van der Waals surface area contributed by atoms with E-state index in [0.717, 1.165) is 6.20 Å². The predicted octanol–water partition coefficient (Wildman–Crippen LogP) is 2.81. The van der Waals surface area contributed by atoms with Crippen LogP contribution >= 0.6 is 0 Å². The van der Waals surface area contributed by atoms with E-state index in [0.29, 0.717) is 0 Å². The maximum Gasteiger partial charge on any atom is 0.573 e. The van der Waals surface area contributed by atoms with E-state index in [1.54, 1.807) is 18.2 Å². The van der Waals surface area contributed by atoms with Crippen molar-refractivity contribution in [3.05, 3.63) is 47.9 Å². The van der Waals surface area contributed by atoms with Crippen molar-refractivity contribution in [1.29, 1.82) is 0 Å². The normalized spacial score (nSPS) is 12.2. The van der Waals surface area contributed by atoms with Crippen molar-refractivity contribution in [2.45, 2.75) is 6.36 Å². The molecule has 18 heavy (non-hydrogen) atoms. The van der Waals surface area contributed by atoms with E-state index in [1.165, 1.54) is 31.1 Å². The number of allylic oxidation sites excluding steroid dienone is 1. The molecule has 0 atom stereocenters. The van der Waals surface area contributed by atoms with Crippen LogP contribution in [0.1, 0.15) is 10.4 Å². The Kier molecular flexibility index (Phi) is 4.36. The first-order chi connectivity index (χ1) is 8.29. The number of hydrogen-bond donors (Lipinski definition) is 0. The summed E-state index contributed by atoms with van der Waals surface area (Å²) in [6.07, 6.45) is -3.91. The fraction of sp³-hybridized carbons (Fsp3) is 0.250. The van der Waals surface area contributed by atoms with E-state index in [1.807, 2.05) is 0 Å². The van der Waals surface area contributed by atoms with Gasteiger partial charge in [0.05, 0.1) is 0 Å². The lowest BCUT2D eigenvalue weighted by molar-refractivity contribution is -0.303. The minimum absolute atomic E-state index is 0.134. The third kappa shape index (κ3) is 4.48. The first kappa shape index (κ1) is 14.1. The summed E-state index contributed by atoms with van der Waals surface area (Å²) in [6, 6.07) is 7.63. The van der Waals surface area contributed by atoms with E-state index in [9.17, 15) is 18.0 Å². The minimum atomic E-state index is -4.90. The van der Waals surface area contributed by atoms with E-state index in [4.69, 9.17) is 0 Å². The molecule has 1 rings (SSSR count). The lowest BCUT2D eigenvalue weighted by Crippen LogP contribution is -2.20. The summed E-state index contributed by atoms with van der Waals surface area (Å²) in [5, 5.41) is 0. The summed E-state index contributed by atoms with van der Waals surface area (Å²) < 4.78 is 40.3. The van der Waals surface area contributed by atoms with Crippen LogP contribution in [0.25, 0.3) is 0 Å². The molecule has 0 unspecified atom stereocenters. The Hall–Kier alpha value is -1.98. The Bertz CT molecular complexity index is 438. The highest BCUT2D eigenvalue weighted by atomic mass is 19.4. The Morgan fingerprint density at radius 2 is 1.78 bits per heavy atom. The van der Waals surface area contributed by atoms with Gasteiger partial charge in [-0.2, -0.15) is 0 Å². The second kappa shape index (κ2) is 5.57. The molecule has 0 heterocycles. The number of nitrogens with zero attached hydrogens (tertiary/aromatic N) is 1. The summed E-state index contributed by atoms with van der Waals surface area (Å²) in [6.45, 7) is 0. The van der Waals surface area contributed by atoms with Crippen LogP contribution in [0.2, 0.25) is 0 Å². The molecule has 0 spiro atoms. The monoisotopic (exact) mass is 259 g/mol. The fourth-order valence-corrected chi connectivity index (χ4v) is 1.22. The summed E-state index contributed by atoms with van der Waals surface area (Å²) in [4.78, 5) is 13.1. The number of carbonyl (C=O) groups excluding carboxylic acids is 1. The van der Waals surface area contributed by atoms with Gasteiger partial charge in [0, 0.05) is 25.9 Å². The van der Waals surface area contributed by atoms with Crippen LogP contribution in [0.15, 0.2) is 42.3 Å². The molecule has 0 saturated heterocycles. The second-order valence-electron chi connectivity index (χ2n) is 3.70. The first-order valence-corrected chi connectivity index (χ1v) is 5.03. The molecule has 0 aliphatic carbocycles. The maximum atomic E-state index is 12.2. The highest BCUT2D eigenvalue weighted by Gasteiger charge is 2.34. The van der Waals surface area contributed by atoms with E-state index < -0.39 is 17.9 Å². The molecule has 1 aromatic rings. The number of halogens is 3. The standard InChI is InChI=1S/C12H12F3NO2/c1-16(2)8-10(18-12(13,14)15)11(17)9-6-4-3-5-7-9/h3-8H,1-2H3/b10-8+. The predicted molar refractivity (Wildman–Crippen MR) is 59.7 cm³/mol. The maximum absolute atomic E-state index is 12.2. The Balaban J connectivity index is 3.02. The quantitative estimate of drug-likeness (QED) is 0.473. The van der Waals surface area contributed by atoms with Gasteiger partial charge in [0.25, 0.3) is 0 Å². The van der Waals surface area contributed by atoms with Gasteiger partial charge in [-0.25, -0.2) is 0 Å². The largest absolute Gasteiger partial charge is 0.573 e. The average molecular weight is 259 g/mol. The zero-order valence-electron chi connectivity index (χ0n) is 9.86. The number of benzene rings is 1. The SMILES string of the molecule is CN(C)/C=C(/OC(F)(F)F)C(=O)c1ccccc1. The van der Waals surface area contributed by atoms with E-state index >= 15 is 0 Å². The molecular formula is C12H12F3NO2. The number of hydrogen-bond acceptors (Lipinski definition) is 3. The molecule has 0 amide bonds. The molecule has 0 aliphatic rings. The Morgan fingerprint density at radius 3 is 2.22 bits per heavy atom. The van der Waals surface area contributed by atoms with Gasteiger partial charge in [-0.3, -0.25) is 4.79 Å². The van der Waals surface area contributed by atoms with Crippen molar-refractivity contribution < 1.29 is 22.7 Å². The molecule has 0 aliphatic heterocycles. The van der Waals surface area contributed by atoms with Gasteiger partial charge in [-0.05, 0) is 0 Å². The van der Waals surface area contributed by atoms with Crippen LogP contribution in [0.4, 0.5) is 13.2 Å². The van der Waals surface area contributed by atoms with Crippen molar-refractivity contribution in [2.75, 3.05) is 14.1 Å². The van der Waals surface area contributed by atoms with Gasteiger partial charge in [-0.15, -0.1) is 13.2 Å². The van der Waals surface area contributed by atoms with Crippen molar-refractivity contribution in [3.8, 4) is 0 Å². The zero-order chi connectivity index (χ0) is 13.8. The van der Waals surface area contributed by atoms with Crippen molar-refractivity contribution in [3.63, 3.8) is 0 Å². The number of Topliss-reactive ketones (excluding diaryl/α,β-unsaturated/α-hetero) is 1. The van der Waals surface area contributed by atoms with Crippen LogP contribution in [0, 0.1) is 0 Å². The van der Waals surface area contributed by atoms with Crippen LogP contribution < -0.4 is 0 Å². The minimum Gasteiger partial charge on any atom is -0.400 e. The van der Waals surface area contributed by atoms with E-state index in [2.05, 4.69) is 4.74 Å². The van der Waals surface area contributed by atoms with Crippen molar-refractivity contribution in [1.82, 2.24) is 4.90 Å². The first-order valence-electron chi connectivity index (χ1n) is 5.03. The van der Waals surface area contributed by atoms with Crippen LogP contribution in [0.5, 0.6) is 0 Å². The molecule has 98 valence electrons. The lowest BCUT2D eigenvalue weighted by Gasteiger charge is -2.14. The molecule has 0 saturated carbocycles. The highest BCUT2D eigenvalue weighted by molar-refractivity contribution is 6.07. The van der Waals surface area contributed by atoms with Crippen molar-refractivity contribution in [2.24, 2.45) is 0 Å². The molecule has 3 nitrogen and oxygen atoms in total. The van der Waals surface area contributed by atoms with Crippen molar-refractivity contribution >= 4 is 5.78 Å². The molecule has 0 bridgehead atoms. The van der Waals surface area contributed by atoms with Crippen LogP contribution in [-0.2, 0) is 4.74 Å². The molecule has 1 aromatic carbocycles. The lowest BCUT2D eigenvalue weighted by atomic mass is 10.1. The van der Waals surface area contributed by atoms with Gasteiger partial charge in [0.1, 0.15) is 0 Å². The van der Waals surface area contributed by atoms with Gasteiger partial charge in [-0.1, -0.05) is 30.3 Å². The number of carbonyl (C=O) groups is 1. The second-order valence-corrected chi connectivity index (χ2v) is 3.70. The van der Waals surface area contributed by atoms with Crippen LogP contribution in [-0.4, -0.2) is 31.1 Å². The molecule has 0 fully saturated rings. The Labute approximate surface area is 102 Å². The van der Waals surface area contributed by atoms with Gasteiger partial charge < -0.3 is 9.64 Å². The molecule has 0 aromatic heterocycles. The number of alkyl halides is 3. The Morgan fingerprint density at radius 1 is 1.22 bits per heavy atom. The topological polar surface area (TPSA) is 29.5 Å². The highest BCUT2D eigenvalue weighted by Crippen LogP contribution is 2.23. The summed E-state index contributed by atoms with van der Waals surface area (Å²) in [5.41, 5.74) is 0.134. The molecule has 0 radical (unpaired) electrons. The van der Waals surface area contributed by atoms with E-state index in [-0.39, 0.29) is 5.56 Å². The summed E-state index contributed by atoms with van der Waals surface area (Å²) in [7, 11) is 3.00. The fourth-order valence-electron chi connectivity index (χ4n) is 1.22. The van der Waals surface area contributed by atoms with Gasteiger partial charge in [0.15, 0.2) is 5.76 Å². The summed E-state index contributed by atoms with van der Waals surface area (Å²) >= 11 is 0. The smallest absolute Gasteiger partial charge is 0.400 e. The molecule has 6 heteroatoms. The van der Waals surface area contributed by atoms with Gasteiger partial charge >= 0.3 is 6.36 Å². The third-order valence-corrected chi connectivity index (χ3v) is 1.86. The average Bonchev–Trinajstić information content (AvgIpc) is 2.26. The number of ketones is 1. The van der Waals surface area contributed by atoms with Crippen LogP contribution in [0.3, 0.4) is 0 Å².